The first-order valence-electron chi connectivity index (χ1n) is 7.65. The van der Waals surface area contributed by atoms with Gasteiger partial charge < -0.3 is 5.11 Å². The molecule has 2 heteroatoms. The molecule has 0 aliphatic rings. The fourth-order valence-electron chi connectivity index (χ4n) is 2.50. The summed E-state index contributed by atoms with van der Waals surface area (Å²) in [6, 6.07) is 11.8. The lowest BCUT2D eigenvalue weighted by atomic mass is 9.83. The van der Waals surface area contributed by atoms with Gasteiger partial charge in [-0.25, -0.2) is 0 Å². The quantitative estimate of drug-likeness (QED) is 0.710. The van der Waals surface area contributed by atoms with Crippen LogP contribution in [0.15, 0.2) is 36.4 Å². The van der Waals surface area contributed by atoms with Gasteiger partial charge in [-0.05, 0) is 39.7 Å². The molecule has 2 aromatic rings. The standard InChI is InChI=1S/C20H25O2/c1-19(2,3)15-9-7-13(8-10-15)14-11-16(20(4,5)6)18(22)17(21)12-14/h7-12,21H,1-6H3. The maximum Gasteiger partial charge on any atom is 0.223 e. The van der Waals surface area contributed by atoms with Gasteiger partial charge in [0.1, 0.15) is 0 Å². The molecule has 0 saturated heterocycles. The van der Waals surface area contributed by atoms with Crippen LogP contribution in [0.2, 0.25) is 0 Å². The first-order chi connectivity index (χ1) is 10.00. The van der Waals surface area contributed by atoms with Crippen LogP contribution >= 0.6 is 0 Å². The summed E-state index contributed by atoms with van der Waals surface area (Å²) in [5, 5.41) is 22.1. The minimum atomic E-state index is -0.296. The molecular formula is C20H25O2. The summed E-state index contributed by atoms with van der Waals surface area (Å²) in [4.78, 5) is 0. The van der Waals surface area contributed by atoms with Gasteiger partial charge in [-0.2, -0.15) is 0 Å². The topological polar surface area (TPSA) is 40.1 Å². The molecule has 0 spiro atoms. The Labute approximate surface area is 133 Å². The Morgan fingerprint density at radius 2 is 1.32 bits per heavy atom. The Morgan fingerprint density at radius 3 is 1.77 bits per heavy atom. The van der Waals surface area contributed by atoms with E-state index in [1.807, 2.05) is 39.0 Å². The number of rotatable bonds is 1. The summed E-state index contributed by atoms with van der Waals surface area (Å²) < 4.78 is 0. The third-order valence-corrected chi connectivity index (χ3v) is 3.96. The number of aromatic hydroxyl groups is 1. The van der Waals surface area contributed by atoms with Crippen LogP contribution in [0.25, 0.3) is 11.1 Å². The van der Waals surface area contributed by atoms with Crippen LogP contribution in [0.5, 0.6) is 11.5 Å². The number of hydrogen-bond donors (Lipinski definition) is 1. The van der Waals surface area contributed by atoms with Crippen LogP contribution in [0, 0.1) is 0 Å². The van der Waals surface area contributed by atoms with Gasteiger partial charge in [0.15, 0.2) is 5.75 Å². The van der Waals surface area contributed by atoms with Crippen LogP contribution < -0.4 is 0 Å². The third kappa shape index (κ3) is 3.27. The van der Waals surface area contributed by atoms with Crippen LogP contribution in [0.1, 0.15) is 52.7 Å². The average molecular weight is 297 g/mol. The summed E-state index contributed by atoms with van der Waals surface area (Å²) in [5.74, 6) is -0.454. The molecule has 0 fully saturated rings. The zero-order valence-corrected chi connectivity index (χ0v) is 14.3. The Bertz CT molecular complexity index is 669. The third-order valence-electron chi connectivity index (χ3n) is 3.96. The van der Waals surface area contributed by atoms with E-state index in [-0.39, 0.29) is 22.3 Å². The van der Waals surface area contributed by atoms with E-state index < -0.39 is 0 Å². The van der Waals surface area contributed by atoms with Crippen LogP contribution in [0.4, 0.5) is 0 Å². The molecule has 0 saturated carbocycles. The Kier molecular flexibility index (Phi) is 3.99. The molecule has 0 aromatic heterocycles. The van der Waals surface area contributed by atoms with Gasteiger partial charge in [0.2, 0.25) is 5.75 Å². The molecule has 2 nitrogen and oxygen atoms in total. The van der Waals surface area contributed by atoms with Gasteiger partial charge in [-0.15, -0.1) is 0 Å². The highest BCUT2D eigenvalue weighted by molar-refractivity contribution is 5.69. The van der Waals surface area contributed by atoms with Crippen LogP contribution in [-0.2, 0) is 15.9 Å². The van der Waals surface area contributed by atoms with Crippen molar-refractivity contribution in [2.45, 2.75) is 52.4 Å². The largest absolute Gasteiger partial charge is 0.504 e. The summed E-state index contributed by atoms with van der Waals surface area (Å²) in [7, 11) is 0. The summed E-state index contributed by atoms with van der Waals surface area (Å²) in [6.07, 6.45) is 0. The van der Waals surface area contributed by atoms with E-state index in [4.69, 9.17) is 0 Å². The maximum absolute atomic E-state index is 12.1. The molecule has 2 aromatic carbocycles. The van der Waals surface area contributed by atoms with E-state index in [0.717, 1.165) is 11.1 Å². The first kappa shape index (κ1) is 16.4. The molecule has 0 amide bonds. The molecule has 22 heavy (non-hydrogen) atoms. The monoisotopic (exact) mass is 297 g/mol. The normalized spacial score (nSPS) is 12.5. The molecule has 117 valence electrons. The van der Waals surface area contributed by atoms with Crippen molar-refractivity contribution in [2.24, 2.45) is 0 Å². The fraction of sp³-hybridized carbons (Fsp3) is 0.400. The molecule has 1 radical (unpaired) electrons. The Morgan fingerprint density at radius 1 is 0.773 bits per heavy atom. The lowest BCUT2D eigenvalue weighted by molar-refractivity contribution is 0.313. The van der Waals surface area contributed by atoms with Crippen LogP contribution in [0.3, 0.4) is 0 Å². The molecular weight excluding hydrogens is 272 g/mol. The molecule has 0 atom stereocenters. The fourth-order valence-corrected chi connectivity index (χ4v) is 2.50. The minimum Gasteiger partial charge on any atom is -0.504 e. The van der Waals surface area contributed by atoms with Crippen molar-refractivity contribution < 1.29 is 10.2 Å². The van der Waals surface area contributed by atoms with Gasteiger partial charge in [0, 0.05) is 5.56 Å². The Hall–Kier alpha value is -1.96. The van der Waals surface area contributed by atoms with Gasteiger partial charge in [-0.3, -0.25) is 5.11 Å². The number of hydrogen-bond acceptors (Lipinski definition) is 1. The zero-order valence-electron chi connectivity index (χ0n) is 14.3. The predicted octanol–water partition coefficient (Wildman–Crippen LogP) is 5.80. The highest BCUT2D eigenvalue weighted by atomic mass is 16.3. The number of phenols is 1. The van der Waals surface area contributed by atoms with E-state index >= 15 is 0 Å². The molecule has 0 heterocycles. The van der Waals surface area contributed by atoms with Crippen LogP contribution in [-0.4, -0.2) is 5.11 Å². The van der Waals surface area contributed by atoms with Crippen molar-refractivity contribution in [2.75, 3.05) is 0 Å². The van der Waals surface area contributed by atoms with Gasteiger partial charge in [0.25, 0.3) is 0 Å². The summed E-state index contributed by atoms with van der Waals surface area (Å²) >= 11 is 0. The van der Waals surface area contributed by atoms with Crippen molar-refractivity contribution in [1.82, 2.24) is 0 Å². The van der Waals surface area contributed by atoms with Crippen molar-refractivity contribution >= 4 is 0 Å². The van der Waals surface area contributed by atoms with E-state index in [0.29, 0.717) is 5.56 Å². The van der Waals surface area contributed by atoms with E-state index in [9.17, 15) is 10.2 Å². The van der Waals surface area contributed by atoms with Crippen molar-refractivity contribution in [3.63, 3.8) is 0 Å². The molecule has 1 N–H and O–H groups in total. The second-order valence-electron chi connectivity index (χ2n) is 7.95. The van der Waals surface area contributed by atoms with E-state index in [1.54, 1.807) is 6.07 Å². The number of benzene rings is 2. The molecule has 0 aliphatic carbocycles. The minimum absolute atomic E-state index is 0.107. The second-order valence-corrected chi connectivity index (χ2v) is 7.95. The van der Waals surface area contributed by atoms with E-state index in [2.05, 4.69) is 32.9 Å². The van der Waals surface area contributed by atoms with Gasteiger partial charge in [0.05, 0.1) is 0 Å². The molecule has 0 aliphatic heterocycles. The maximum atomic E-state index is 12.1. The Balaban J connectivity index is 2.52. The van der Waals surface area contributed by atoms with Crippen molar-refractivity contribution in [3.05, 3.63) is 47.5 Å². The van der Waals surface area contributed by atoms with Gasteiger partial charge in [-0.1, -0.05) is 65.8 Å². The smallest absolute Gasteiger partial charge is 0.223 e. The van der Waals surface area contributed by atoms with E-state index in [1.165, 1.54) is 5.56 Å². The highest BCUT2D eigenvalue weighted by Crippen LogP contribution is 2.41. The predicted molar refractivity (Wildman–Crippen MR) is 91.1 cm³/mol. The first-order valence-corrected chi connectivity index (χ1v) is 7.65. The summed E-state index contributed by atoms with van der Waals surface area (Å²) in [6.45, 7) is 12.5. The second kappa shape index (κ2) is 5.35. The molecule has 0 bridgehead atoms. The van der Waals surface area contributed by atoms with Crippen molar-refractivity contribution in [1.29, 1.82) is 0 Å². The lowest BCUT2D eigenvalue weighted by Crippen LogP contribution is -2.11. The highest BCUT2D eigenvalue weighted by Gasteiger charge is 2.23. The summed E-state index contributed by atoms with van der Waals surface area (Å²) in [5.41, 5.74) is 3.60. The van der Waals surface area contributed by atoms with Gasteiger partial charge >= 0.3 is 0 Å². The molecule has 0 unspecified atom stereocenters. The molecule has 2 rings (SSSR count). The SMILES string of the molecule is CC(C)(C)c1ccc(-c2cc(O)c([O])c(C(C)(C)C)c2)cc1. The average Bonchev–Trinajstić information content (AvgIpc) is 2.39. The number of phenolic OH excluding ortho intramolecular Hbond substituents is 1. The van der Waals surface area contributed by atoms with Crippen molar-refractivity contribution in [3.8, 4) is 22.6 Å². The zero-order chi connectivity index (χ0) is 16.7. The lowest BCUT2D eigenvalue weighted by Gasteiger charge is -2.21.